The number of hydrogen-bond donors (Lipinski definition) is 1. The van der Waals surface area contributed by atoms with E-state index in [-0.39, 0.29) is 23.1 Å². The average Bonchev–Trinajstić information content (AvgIpc) is 2.95. The molecule has 0 saturated carbocycles. The summed E-state index contributed by atoms with van der Waals surface area (Å²) in [5.41, 5.74) is 6.98. The Morgan fingerprint density at radius 3 is 3.00 bits per heavy atom. The standard InChI is InChI=1S/C13H20N2O2S2/c1-10-11-3-6-18-12(11)2-5-15(10)13(8-14)4-7-19(16,17)9-13/h3,6,10H,2,4-5,7-9,14H2,1H3. The first-order valence-corrected chi connectivity index (χ1v) is 9.41. The number of nitrogens with two attached hydrogens (primary N) is 1. The monoisotopic (exact) mass is 300 g/mol. The molecule has 0 bridgehead atoms. The van der Waals surface area contributed by atoms with Crippen molar-refractivity contribution in [2.45, 2.75) is 31.3 Å². The zero-order chi connectivity index (χ0) is 13.7. The van der Waals surface area contributed by atoms with Crippen molar-refractivity contribution in [2.75, 3.05) is 24.6 Å². The summed E-state index contributed by atoms with van der Waals surface area (Å²) in [6, 6.07) is 2.44. The first-order chi connectivity index (χ1) is 8.97. The van der Waals surface area contributed by atoms with Gasteiger partial charge >= 0.3 is 0 Å². The SMILES string of the molecule is CC1c2ccsc2CCN1C1(CN)CCS(=O)(=O)C1. The maximum Gasteiger partial charge on any atom is 0.152 e. The van der Waals surface area contributed by atoms with Crippen molar-refractivity contribution in [2.24, 2.45) is 5.73 Å². The van der Waals surface area contributed by atoms with Crippen LogP contribution in [0.2, 0.25) is 0 Å². The van der Waals surface area contributed by atoms with Crippen LogP contribution in [-0.2, 0) is 16.3 Å². The first-order valence-electron chi connectivity index (χ1n) is 6.71. The van der Waals surface area contributed by atoms with Crippen LogP contribution in [0.5, 0.6) is 0 Å². The molecule has 1 aromatic heterocycles. The molecule has 4 nitrogen and oxygen atoms in total. The quantitative estimate of drug-likeness (QED) is 0.891. The van der Waals surface area contributed by atoms with Crippen molar-refractivity contribution in [1.29, 1.82) is 0 Å². The number of rotatable bonds is 2. The molecule has 0 aromatic carbocycles. The lowest BCUT2D eigenvalue weighted by atomic mass is 9.90. The van der Waals surface area contributed by atoms with Gasteiger partial charge in [0.2, 0.25) is 0 Å². The topological polar surface area (TPSA) is 63.4 Å². The van der Waals surface area contributed by atoms with E-state index in [0.29, 0.717) is 13.0 Å². The van der Waals surface area contributed by atoms with Gasteiger partial charge in [0.25, 0.3) is 0 Å². The third-order valence-electron chi connectivity index (χ3n) is 4.63. The van der Waals surface area contributed by atoms with Crippen molar-refractivity contribution in [1.82, 2.24) is 4.90 Å². The van der Waals surface area contributed by atoms with Crippen molar-refractivity contribution >= 4 is 21.2 Å². The van der Waals surface area contributed by atoms with E-state index in [1.165, 1.54) is 10.4 Å². The predicted molar refractivity (Wildman–Crippen MR) is 78.2 cm³/mol. The fourth-order valence-corrected chi connectivity index (χ4v) is 6.61. The normalized spacial score (nSPS) is 34.3. The molecular weight excluding hydrogens is 280 g/mol. The van der Waals surface area contributed by atoms with Crippen molar-refractivity contribution < 1.29 is 8.42 Å². The largest absolute Gasteiger partial charge is 0.329 e. The molecule has 0 spiro atoms. The van der Waals surface area contributed by atoms with Crippen LogP contribution in [0.4, 0.5) is 0 Å². The predicted octanol–water partition coefficient (Wildman–Crippen LogP) is 1.18. The van der Waals surface area contributed by atoms with E-state index in [1.54, 1.807) is 11.3 Å². The van der Waals surface area contributed by atoms with Crippen LogP contribution < -0.4 is 5.73 Å². The first kappa shape index (κ1) is 13.5. The third kappa shape index (κ3) is 2.14. The Morgan fingerprint density at radius 1 is 1.58 bits per heavy atom. The van der Waals surface area contributed by atoms with Gasteiger partial charge in [-0.2, -0.15) is 0 Å². The summed E-state index contributed by atoms with van der Waals surface area (Å²) in [5.74, 6) is 0.504. The number of sulfone groups is 1. The molecule has 2 aliphatic rings. The number of hydrogen-bond acceptors (Lipinski definition) is 5. The maximum atomic E-state index is 11.9. The molecule has 19 heavy (non-hydrogen) atoms. The highest BCUT2D eigenvalue weighted by molar-refractivity contribution is 7.91. The molecular formula is C13H20N2O2S2. The van der Waals surface area contributed by atoms with E-state index in [0.717, 1.165) is 13.0 Å². The maximum absolute atomic E-state index is 11.9. The van der Waals surface area contributed by atoms with Crippen LogP contribution in [0.3, 0.4) is 0 Å². The molecule has 0 amide bonds. The van der Waals surface area contributed by atoms with Crippen LogP contribution in [0, 0.1) is 0 Å². The fourth-order valence-electron chi connectivity index (χ4n) is 3.56. The second-order valence-electron chi connectivity index (χ2n) is 5.69. The lowest BCUT2D eigenvalue weighted by Gasteiger charge is -2.46. The summed E-state index contributed by atoms with van der Waals surface area (Å²) in [6.07, 6.45) is 1.69. The smallest absolute Gasteiger partial charge is 0.152 e. The number of fused-ring (bicyclic) bond motifs is 1. The minimum absolute atomic E-state index is 0.223. The Kier molecular flexibility index (Phi) is 3.24. The second kappa shape index (κ2) is 4.55. The van der Waals surface area contributed by atoms with Gasteiger partial charge in [-0.1, -0.05) is 0 Å². The summed E-state index contributed by atoms with van der Waals surface area (Å²) in [4.78, 5) is 3.78. The van der Waals surface area contributed by atoms with E-state index in [2.05, 4.69) is 23.3 Å². The Balaban J connectivity index is 1.94. The summed E-state index contributed by atoms with van der Waals surface area (Å²) >= 11 is 1.80. The van der Waals surface area contributed by atoms with Crippen LogP contribution in [0.1, 0.15) is 29.8 Å². The van der Waals surface area contributed by atoms with Crippen molar-refractivity contribution in [3.63, 3.8) is 0 Å². The van der Waals surface area contributed by atoms with Crippen LogP contribution in [-0.4, -0.2) is 43.5 Å². The lowest BCUT2D eigenvalue weighted by Crippen LogP contribution is -2.57. The molecule has 1 saturated heterocycles. The van der Waals surface area contributed by atoms with Gasteiger partial charge in [-0.05, 0) is 36.8 Å². The molecule has 3 rings (SSSR count). The Labute approximate surface area is 118 Å². The van der Waals surface area contributed by atoms with Gasteiger partial charge < -0.3 is 5.73 Å². The minimum Gasteiger partial charge on any atom is -0.329 e. The highest BCUT2D eigenvalue weighted by Crippen LogP contribution is 2.40. The van der Waals surface area contributed by atoms with Crippen LogP contribution >= 0.6 is 11.3 Å². The summed E-state index contributed by atoms with van der Waals surface area (Å²) in [6.45, 7) is 3.52. The highest BCUT2D eigenvalue weighted by Gasteiger charge is 2.48. The van der Waals surface area contributed by atoms with Crippen LogP contribution in [0.15, 0.2) is 11.4 Å². The molecule has 0 radical (unpaired) electrons. The van der Waals surface area contributed by atoms with Gasteiger partial charge in [-0.15, -0.1) is 11.3 Å². The van der Waals surface area contributed by atoms with Crippen LogP contribution in [0.25, 0.3) is 0 Å². The van der Waals surface area contributed by atoms with Crippen molar-refractivity contribution in [3.05, 3.63) is 21.9 Å². The van der Waals surface area contributed by atoms with E-state index in [4.69, 9.17) is 5.73 Å². The minimum atomic E-state index is -2.92. The second-order valence-corrected chi connectivity index (χ2v) is 8.87. The highest BCUT2D eigenvalue weighted by atomic mass is 32.2. The van der Waals surface area contributed by atoms with E-state index in [1.807, 2.05) is 0 Å². The average molecular weight is 300 g/mol. The summed E-state index contributed by atoms with van der Waals surface area (Å²) in [5, 5.41) is 2.13. The zero-order valence-corrected chi connectivity index (χ0v) is 12.8. The Morgan fingerprint density at radius 2 is 2.37 bits per heavy atom. The Bertz CT molecular complexity index is 581. The van der Waals surface area contributed by atoms with E-state index in [9.17, 15) is 8.42 Å². The van der Waals surface area contributed by atoms with Crippen molar-refractivity contribution in [3.8, 4) is 0 Å². The number of thiophene rings is 1. The van der Waals surface area contributed by atoms with E-state index < -0.39 is 9.84 Å². The molecule has 2 atom stereocenters. The molecule has 2 N–H and O–H groups in total. The molecule has 1 aromatic rings. The number of nitrogens with zero attached hydrogens (tertiary/aromatic N) is 1. The molecule has 1 fully saturated rings. The molecule has 2 aliphatic heterocycles. The Hall–Kier alpha value is -0.430. The fraction of sp³-hybridized carbons (Fsp3) is 0.692. The molecule has 106 valence electrons. The van der Waals surface area contributed by atoms with E-state index >= 15 is 0 Å². The van der Waals surface area contributed by atoms with Gasteiger partial charge in [-0.3, -0.25) is 4.90 Å². The van der Waals surface area contributed by atoms with Gasteiger partial charge in [0.1, 0.15) is 0 Å². The summed E-state index contributed by atoms with van der Waals surface area (Å²) in [7, 11) is -2.92. The van der Waals surface area contributed by atoms with Gasteiger partial charge in [0.05, 0.1) is 11.5 Å². The summed E-state index contributed by atoms with van der Waals surface area (Å²) < 4.78 is 23.7. The molecule has 0 aliphatic carbocycles. The van der Waals surface area contributed by atoms with Gasteiger partial charge in [0.15, 0.2) is 9.84 Å². The lowest BCUT2D eigenvalue weighted by molar-refractivity contribution is 0.0666. The molecule has 6 heteroatoms. The molecule has 3 heterocycles. The third-order valence-corrected chi connectivity index (χ3v) is 7.43. The zero-order valence-electron chi connectivity index (χ0n) is 11.1. The van der Waals surface area contributed by atoms with Gasteiger partial charge in [0, 0.05) is 29.5 Å². The van der Waals surface area contributed by atoms with Gasteiger partial charge in [-0.25, -0.2) is 8.42 Å². The molecule has 2 unspecified atom stereocenters.